The molecule has 0 unspecified atom stereocenters. The molecule has 2 amide bonds. The number of benzene rings is 1. The smallest absolute Gasteiger partial charge is 0.315 e. The molecule has 1 aliphatic carbocycles. The quantitative estimate of drug-likeness (QED) is 0.858. The second kappa shape index (κ2) is 4.76. The normalized spacial score (nSPS) is 29.9. The Labute approximate surface area is 113 Å². The van der Waals surface area contributed by atoms with E-state index in [2.05, 4.69) is 28.8 Å². The molecule has 102 valence electrons. The number of urea groups is 1. The van der Waals surface area contributed by atoms with E-state index in [1.54, 1.807) is 7.11 Å². The third-order valence-corrected chi connectivity index (χ3v) is 4.47. The van der Waals surface area contributed by atoms with Crippen molar-refractivity contribution in [3.63, 3.8) is 0 Å². The average molecular weight is 260 g/mol. The van der Waals surface area contributed by atoms with Crippen molar-refractivity contribution in [3.8, 4) is 5.75 Å². The first-order valence-electron chi connectivity index (χ1n) is 6.91. The lowest BCUT2D eigenvalue weighted by molar-refractivity contribution is 0.231. The molecule has 1 saturated carbocycles. The van der Waals surface area contributed by atoms with Crippen LogP contribution in [0.4, 0.5) is 4.79 Å². The molecule has 1 aliphatic heterocycles. The van der Waals surface area contributed by atoms with Crippen molar-refractivity contribution < 1.29 is 9.53 Å². The maximum absolute atomic E-state index is 11.3. The molecule has 0 atom stereocenters. The van der Waals surface area contributed by atoms with Gasteiger partial charge in [0.1, 0.15) is 5.75 Å². The van der Waals surface area contributed by atoms with Crippen LogP contribution < -0.4 is 15.4 Å². The van der Waals surface area contributed by atoms with E-state index in [1.165, 1.54) is 5.56 Å². The van der Waals surface area contributed by atoms with E-state index in [0.29, 0.717) is 5.92 Å². The van der Waals surface area contributed by atoms with Crippen molar-refractivity contribution >= 4 is 6.03 Å². The van der Waals surface area contributed by atoms with Crippen molar-refractivity contribution in [3.05, 3.63) is 29.8 Å². The first-order chi connectivity index (χ1) is 9.21. The maximum atomic E-state index is 11.3. The molecule has 4 heteroatoms. The van der Waals surface area contributed by atoms with Gasteiger partial charge in [-0.2, -0.15) is 0 Å². The SMILES string of the molecule is COc1cccc(C2CCC3(CC2)CNC(=O)N3)c1. The Morgan fingerprint density at radius 3 is 2.74 bits per heavy atom. The van der Waals surface area contributed by atoms with Gasteiger partial charge in [-0.15, -0.1) is 0 Å². The summed E-state index contributed by atoms with van der Waals surface area (Å²) in [6.45, 7) is 0.774. The Hall–Kier alpha value is -1.71. The Morgan fingerprint density at radius 2 is 2.11 bits per heavy atom. The van der Waals surface area contributed by atoms with Gasteiger partial charge in [-0.1, -0.05) is 12.1 Å². The molecular formula is C15H20N2O2. The third kappa shape index (κ3) is 2.39. The van der Waals surface area contributed by atoms with Crippen LogP contribution in [0.25, 0.3) is 0 Å². The maximum Gasteiger partial charge on any atom is 0.315 e. The number of carbonyl (C=O) groups is 1. The van der Waals surface area contributed by atoms with Crippen LogP contribution in [0.15, 0.2) is 24.3 Å². The predicted molar refractivity (Wildman–Crippen MR) is 73.5 cm³/mol. The topological polar surface area (TPSA) is 50.4 Å². The number of rotatable bonds is 2. The highest BCUT2D eigenvalue weighted by Crippen LogP contribution is 2.39. The molecule has 0 bridgehead atoms. The van der Waals surface area contributed by atoms with E-state index in [9.17, 15) is 4.79 Å². The highest BCUT2D eigenvalue weighted by atomic mass is 16.5. The van der Waals surface area contributed by atoms with Gasteiger partial charge >= 0.3 is 6.03 Å². The molecule has 1 aromatic rings. The first-order valence-corrected chi connectivity index (χ1v) is 6.91. The summed E-state index contributed by atoms with van der Waals surface area (Å²) in [7, 11) is 1.70. The lowest BCUT2D eigenvalue weighted by Crippen LogP contribution is -2.46. The zero-order valence-corrected chi connectivity index (χ0v) is 11.2. The summed E-state index contributed by atoms with van der Waals surface area (Å²) in [5, 5.41) is 5.97. The van der Waals surface area contributed by atoms with E-state index >= 15 is 0 Å². The molecule has 2 aliphatic rings. The summed E-state index contributed by atoms with van der Waals surface area (Å²) in [6.07, 6.45) is 4.34. The van der Waals surface area contributed by atoms with Crippen LogP contribution in [0.1, 0.15) is 37.2 Å². The number of methoxy groups -OCH3 is 1. The average Bonchev–Trinajstić information content (AvgIpc) is 2.81. The second-order valence-electron chi connectivity index (χ2n) is 5.64. The Kier molecular flexibility index (Phi) is 3.09. The minimum atomic E-state index is -0.0140. The molecule has 2 N–H and O–H groups in total. The minimum absolute atomic E-state index is 0.00640. The van der Waals surface area contributed by atoms with Crippen LogP contribution in [-0.2, 0) is 0 Å². The van der Waals surface area contributed by atoms with Crippen molar-refractivity contribution in [1.82, 2.24) is 10.6 Å². The van der Waals surface area contributed by atoms with Crippen LogP contribution in [0, 0.1) is 0 Å². The number of amides is 2. The molecule has 1 saturated heterocycles. The monoisotopic (exact) mass is 260 g/mol. The Bertz CT molecular complexity index is 479. The van der Waals surface area contributed by atoms with Crippen molar-refractivity contribution in [1.29, 1.82) is 0 Å². The standard InChI is InChI=1S/C15H20N2O2/c1-19-13-4-2-3-12(9-13)11-5-7-15(8-6-11)10-16-14(18)17-15/h2-4,9,11H,5-8,10H2,1H3,(H2,16,17,18). The highest BCUT2D eigenvalue weighted by Gasteiger charge is 2.40. The summed E-state index contributed by atoms with van der Waals surface area (Å²) in [6, 6.07) is 8.33. The van der Waals surface area contributed by atoms with E-state index in [0.717, 1.165) is 38.0 Å². The third-order valence-electron chi connectivity index (χ3n) is 4.47. The summed E-state index contributed by atoms with van der Waals surface area (Å²) in [5.74, 6) is 1.51. The Balaban J connectivity index is 1.68. The lowest BCUT2D eigenvalue weighted by atomic mass is 9.74. The van der Waals surface area contributed by atoms with Crippen LogP contribution >= 0.6 is 0 Å². The molecular weight excluding hydrogens is 240 g/mol. The van der Waals surface area contributed by atoms with Crippen molar-refractivity contribution in [2.45, 2.75) is 37.1 Å². The lowest BCUT2D eigenvalue weighted by Gasteiger charge is -2.36. The number of carbonyl (C=O) groups excluding carboxylic acids is 1. The largest absolute Gasteiger partial charge is 0.497 e. The molecule has 1 aromatic carbocycles. The van der Waals surface area contributed by atoms with Crippen LogP contribution in [0.2, 0.25) is 0 Å². The van der Waals surface area contributed by atoms with Gasteiger partial charge in [-0.3, -0.25) is 0 Å². The molecule has 19 heavy (non-hydrogen) atoms. The van der Waals surface area contributed by atoms with Gasteiger partial charge in [0, 0.05) is 6.54 Å². The zero-order valence-electron chi connectivity index (χ0n) is 11.2. The molecule has 3 rings (SSSR count). The summed E-state index contributed by atoms with van der Waals surface area (Å²) in [5.41, 5.74) is 1.36. The first kappa shape index (κ1) is 12.3. The second-order valence-corrected chi connectivity index (χ2v) is 5.64. The number of nitrogens with one attached hydrogen (secondary N) is 2. The van der Waals surface area contributed by atoms with Gasteiger partial charge < -0.3 is 15.4 Å². The van der Waals surface area contributed by atoms with Gasteiger partial charge in [0.05, 0.1) is 12.6 Å². The fourth-order valence-electron chi connectivity index (χ4n) is 3.28. The summed E-state index contributed by atoms with van der Waals surface area (Å²) in [4.78, 5) is 11.3. The van der Waals surface area contributed by atoms with Crippen molar-refractivity contribution in [2.24, 2.45) is 0 Å². The van der Waals surface area contributed by atoms with Gasteiger partial charge in [-0.05, 0) is 49.3 Å². The van der Waals surface area contributed by atoms with Crippen LogP contribution in [0.5, 0.6) is 5.75 Å². The Morgan fingerprint density at radius 1 is 1.32 bits per heavy atom. The van der Waals surface area contributed by atoms with Crippen LogP contribution in [-0.4, -0.2) is 25.2 Å². The van der Waals surface area contributed by atoms with E-state index in [4.69, 9.17) is 4.74 Å². The number of hydrogen-bond donors (Lipinski definition) is 2. The molecule has 1 heterocycles. The minimum Gasteiger partial charge on any atom is -0.497 e. The van der Waals surface area contributed by atoms with E-state index < -0.39 is 0 Å². The zero-order chi connectivity index (χ0) is 13.3. The molecule has 0 radical (unpaired) electrons. The van der Waals surface area contributed by atoms with Gasteiger partial charge in [0.15, 0.2) is 0 Å². The number of ether oxygens (including phenoxy) is 1. The predicted octanol–water partition coefficient (Wildman–Crippen LogP) is 2.40. The number of hydrogen-bond acceptors (Lipinski definition) is 2. The van der Waals surface area contributed by atoms with Crippen molar-refractivity contribution in [2.75, 3.05) is 13.7 Å². The highest BCUT2D eigenvalue weighted by molar-refractivity contribution is 5.77. The van der Waals surface area contributed by atoms with Crippen LogP contribution in [0.3, 0.4) is 0 Å². The molecule has 4 nitrogen and oxygen atoms in total. The molecule has 1 spiro atoms. The van der Waals surface area contributed by atoms with E-state index in [1.807, 2.05) is 6.07 Å². The summed E-state index contributed by atoms with van der Waals surface area (Å²) < 4.78 is 5.29. The molecule has 2 fully saturated rings. The fourth-order valence-corrected chi connectivity index (χ4v) is 3.28. The molecule has 0 aromatic heterocycles. The van der Waals surface area contributed by atoms with Gasteiger partial charge in [0.25, 0.3) is 0 Å². The van der Waals surface area contributed by atoms with Gasteiger partial charge in [-0.25, -0.2) is 4.79 Å². The fraction of sp³-hybridized carbons (Fsp3) is 0.533. The summed E-state index contributed by atoms with van der Waals surface area (Å²) >= 11 is 0. The van der Waals surface area contributed by atoms with E-state index in [-0.39, 0.29) is 11.6 Å². The van der Waals surface area contributed by atoms with Gasteiger partial charge in [0.2, 0.25) is 0 Å².